The van der Waals surface area contributed by atoms with Crippen LogP contribution in [0.25, 0.3) is 0 Å². The van der Waals surface area contributed by atoms with Crippen LogP contribution in [-0.2, 0) is 4.79 Å². The largest absolute Gasteiger partial charge is 0.497 e. The maximum Gasteiger partial charge on any atom is 0.253 e. The molecule has 0 N–H and O–H groups in total. The first-order valence-corrected chi connectivity index (χ1v) is 12.6. The summed E-state index contributed by atoms with van der Waals surface area (Å²) in [6.07, 6.45) is 0. The normalized spacial score (nSPS) is 19.9. The number of ether oxygens (including phenoxy) is 1. The quantitative estimate of drug-likeness (QED) is 0.546. The second kappa shape index (κ2) is 10.4. The first-order chi connectivity index (χ1) is 17.5. The van der Waals surface area contributed by atoms with E-state index in [2.05, 4.69) is 36.1 Å². The van der Waals surface area contributed by atoms with Crippen LogP contribution in [0.3, 0.4) is 0 Å². The molecule has 0 aromatic heterocycles. The van der Waals surface area contributed by atoms with Gasteiger partial charge in [-0.2, -0.15) is 0 Å². The maximum absolute atomic E-state index is 13.9. The highest BCUT2D eigenvalue weighted by Gasteiger charge is 2.42. The van der Waals surface area contributed by atoms with Gasteiger partial charge in [-0.1, -0.05) is 48.5 Å². The van der Waals surface area contributed by atoms with Crippen molar-refractivity contribution in [3.05, 3.63) is 95.6 Å². The Morgan fingerprint density at radius 3 is 2.11 bits per heavy atom. The highest BCUT2D eigenvalue weighted by molar-refractivity contribution is 5.95. The van der Waals surface area contributed by atoms with E-state index in [9.17, 15) is 9.59 Å². The molecule has 186 valence electrons. The molecule has 36 heavy (non-hydrogen) atoms. The number of hydrogen-bond acceptors (Lipinski definition) is 4. The van der Waals surface area contributed by atoms with Crippen LogP contribution in [0, 0.1) is 12.8 Å². The molecular weight excluding hydrogens is 450 g/mol. The molecule has 2 amide bonds. The summed E-state index contributed by atoms with van der Waals surface area (Å²) in [5.41, 5.74) is 4.21. The van der Waals surface area contributed by atoms with Gasteiger partial charge in [0.05, 0.1) is 13.0 Å². The van der Waals surface area contributed by atoms with Crippen molar-refractivity contribution in [2.24, 2.45) is 5.92 Å². The number of benzene rings is 3. The van der Waals surface area contributed by atoms with E-state index in [1.54, 1.807) is 7.11 Å². The zero-order chi connectivity index (χ0) is 25.1. The van der Waals surface area contributed by atoms with Gasteiger partial charge in [-0.15, -0.1) is 0 Å². The lowest BCUT2D eigenvalue weighted by Gasteiger charge is -2.38. The Kier molecular flexibility index (Phi) is 6.94. The number of amides is 2. The van der Waals surface area contributed by atoms with E-state index in [1.165, 1.54) is 11.3 Å². The van der Waals surface area contributed by atoms with Gasteiger partial charge < -0.3 is 19.4 Å². The second-order valence-electron chi connectivity index (χ2n) is 9.66. The molecule has 0 aliphatic carbocycles. The molecule has 2 atom stereocenters. The van der Waals surface area contributed by atoms with Gasteiger partial charge in [0.15, 0.2) is 0 Å². The Bertz CT molecular complexity index is 1200. The summed E-state index contributed by atoms with van der Waals surface area (Å²) in [6.45, 7) is 6.08. The molecule has 2 heterocycles. The molecule has 2 aliphatic heterocycles. The highest BCUT2D eigenvalue weighted by Crippen LogP contribution is 2.36. The highest BCUT2D eigenvalue weighted by atomic mass is 16.5. The van der Waals surface area contributed by atoms with E-state index in [-0.39, 0.29) is 23.7 Å². The van der Waals surface area contributed by atoms with E-state index in [0.717, 1.165) is 24.4 Å². The minimum atomic E-state index is -0.268. The third-order valence-corrected chi connectivity index (χ3v) is 7.54. The van der Waals surface area contributed by atoms with Crippen molar-refractivity contribution in [3.8, 4) is 5.75 Å². The molecule has 0 saturated carbocycles. The van der Waals surface area contributed by atoms with Crippen molar-refractivity contribution in [1.29, 1.82) is 0 Å². The first kappa shape index (κ1) is 23.9. The van der Waals surface area contributed by atoms with Gasteiger partial charge in [0.2, 0.25) is 5.91 Å². The number of methoxy groups -OCH3 is 1. The number of para-hydroxylation sites is 1. The minimum Gasteiger partial charge on any atom is -0.497 e. The number of carbonyl (C=O) groups is 2. The van der Waals surface area contributed by atoms with Crippen molar-refractivity contribution in [1.82, 2.24) is 9.80 Å². The van der Waals surface area contributed by atoms with Crippen LogP contribution >= 0.6 is 0 Å². The summed E-state index contributed by atoms with van der Waals surface area (Å²) in [5, 5.41) is 0. The Balaban J connectivity index is 1.34. The van der Waals surface area contributed by atoms with Gasteiger partial charge in [-0.05, 0) is 48.4 Å². The average molecular weight is 484 g/mol. The third kappa shape index (κ3) is 4.81. The molecule has 0 radical (unpaired) electrons. The number of rotatable bonds is 5. The van der Waals surface area contributed by atoms with Gasteiger partial charge in [0.25, 0.3) is 5.91 Å². The van der Waals surface area contributed by atoms with Crippen LogP contribution in [0.4, 0.5) is 5.69 Å². The van der Waals surface area contributed by atoms with E-state index >= 15 is 0 Å². The third-order valence-electron chi connectivity index (χ3n) is 7.54. The summed E-state index contributed by atoms with van der Waals surface area (Å²) >= 11 is 0. The fourth-order valence-corrected chi connectivity index (χ4v) is 5.49. The van der Waals surface area contributed by atoms with Gasteiger partial charge in [-0.3, -0.25) is 9.59 Å². The molecule has 0 bridgehead atoms. The lowest BCUT2D eigenvalue weighted by Crippen LogP contribution is -2.51. The summed E-state index contributed by atoms with van der Waals surface area (Å²) in [5.74, 6) is 0.586. The van der Waals surface area contributed by atoms with Gasteiger partial charge in [0.1, 0.15) is 5.75 Å². The zero-order valence-electron chi connectivity index (χ0n) is 21.0. The second-order valence-corrected chi connectivity index (χ2v) is 9.66. The van der Waals surface area contributed by atoms with Crippen LogP contribution in [0.5, 0.6) is 5.75 Å². The molecule has 2 aliphatic rings. The van der Waals surface area contributed by atoms with E-state index < -0.39 is 0 Å². The molecule has 2 saturated heterocycles. The van der Waals surface area contributed by atoms with Gasteiger partial charge in [-0.25, -0.2) is 0 Å². The van der Waals surface area contributed by atoms with Crippen molar-refractivity contribution in [3.63, 3.8) is 0 Å². The number of hydrogen-bond donors (Lipinski definition) is 0. The van der Waals surface area contributed by atoms with E-state index in [1.807, 2.05) is 64.4 Å². The maximum atomic E-state index is 13.9. The van der Waals surface area contributed by atoms with Crippen molar-refractivity contribution in [2.75, 3.05) is 51.3 Å². The van der Waals surface area contributed by atoms with Crippen LogP contribution < -0.4 is 9.64 Å². The van der Waals surface area contributed by atoms with E-state index in [4.69, 9.17) is 4.74 Å². The average Bonchev–Trinajstić information content (AvgIpc) is 3.39. The summed E-state index contributed by atoms with van der Waals surface area (Å²) < 4.78 is 5.33. The smallest absolute Gasteiger partial charge is 0.253 e. The predicted octanol–water partition coefficient (Wildman–Crippen LogP) is 4.21. The van der Waals surface area contributed by atoms with Crippen LogP contribution in [0.15, 0.2) is 78.9 Å². The topological polar surface area (TPSA) is 53.1 Å². The number of nitrogens with zero attached hydrogens (tertiary/aromatic N) is 3. The number of anilines is 1. The number of piperazine rings is 1. The lowest BCUT2D eigenvalue weighted by molar-refractivity contribution is -0.135. The summed E-state index contributed by atoms with van der Waals surface area (Å²) in [4.78, 5) is 33.3. The Hall–Kier alpha value is -3.80. The number of carbonyl (C=O) groups excluding carboxylic acids is 2. The molecule has 0 unspecified atom stereocenters. The number of aryl methyl sites for hydroxylation is 1. The molecule has 6 nitrogen and oxygen atoms in total. The zero-order valence-corrected chi connectivity index (χ0v) is 21.0. The molecule has 2 fully saturated rings. The SMILES string of the molecule is COc1ccc([C@@H]2CN(C(=O)c3ccccc3)C[C@@H]2C(=O)N2CCN(c3ccccc3C)CC2)cc1. The molecular formula is C30H33N3O3. The molecule has 3 aromatic rings. The Morgan fingerprint density at radius 2 is 1.44 bits per heavy atom. The fraction of sp³-hybridized carbons (Fsp3) is 0.333. The van der Waals surface area contributed by atoms with Gasteiger partial charge in [0, 0.05) is 56.4 Å². The van der Waals surface area contributed by atoms with Crippen molar-refractivity contribution in [2.45, 2.75) is 12.8 Å². The Labute approximate surface area is 213 Å². The standard InChI is InChI=1S/C30H33N3O3/c1-22-8-6-7-11-28(22)31-16-18-32(19-17-31)30(35)27-21-33(29(34)24-9-4-3-5-10-24)20-26(27)23-12-14-25(36-2)15-13-23/h3-15,26-27H,16-21H2,1-2H3/t26-,27-/m0/s1. The van der Waals surface area contributed by atoms with Crippen molar-refractivity contribution >= 4 is 17.5 Å². The van der Waals surface area contributed by atoms with Gasteiger partial charge >= 0.3 is 0 Å². The monoisotopic (exact) mass is 483 g/mol. The molecule has 5 rings (SSSR count). The summed E-state index contributed by atoms with van der Waals surface area (Å²) in [7, 11) is 1.65. The lowest BCUT2D eigenvalue weighted by atomic mass is 9.87. The minimum absolute atomic E-state index is 0.0196. The summed E-state index contributed by atoms with van der Waals surface area (Å²) in [6, 6.07) is 25.6. The van der Waals surface area contributed by atoms with Crippen molar-refractivity contribution < 1.29 is 14.3 Å². The molecule has 3 aromatic carbocycles. The first-order valence-electron chi connectivity index (χ1n) is 12.6. The van der Waals surface area contributed by atoms with Crippen LogP contribution in [0.2, 0.25) is 0 Å². The predicted molar refractivity (Wildman–Crippen MR) is 142 cm³/mol. The van der Waals surface area contributed by atoms with E-state index in [0.29, 0.717) is 31.7 Å². The molecule has 6 heteroatoms. The van der Waals surface area contributed by atoms with Crippen LogP contribution in [-0.4, -0.2) is 68.0 Å². The molecule has 0 spiro atoms. The fourth-order valence-electron chi connectivity index (χ4n) is 5.49. The number of likely N-dealkylation sites (tertiary alicyclic amines) is 1. The van der Waals surface area contributed by atoms with Crippen LogP contribution in [0.1, 0.15) is 27.4 Å². The Morgan fingerprint density at radius 1 is 0.778 bits per heavy atom.